The van der Waals surface area contributed by atoms with Crippen LogP contribution in [0.5, 0.6) is 5.75 Å². The highest BCUT2D eigenvalue weighted by molar-refractivity contribution is 9.10. The van der Waals surface area contributed by atoms with Crippen LogP contribution in [0.15, 0.2) is 46.9 Å². The van der Waals surface area contributed by atoms with Crippen LogP contribution in [0, 0.1) is 0 Å². The molecule has 0 atom stereocenters. The molecule has 2 aromatic carbocycles. The fourth-order valence-electron chi connectivity index (χ4n) is 2.59. The number of hydrogen-bond acceptors (Lipinski definition) is 4. The number of rotatable bonds is 5. The Bertz CT molecular complexity index is 811. The van der Waals surface area contributed by atoms with Gasteiger partial charge in [0.25, 0.3) is 5.91 Å². The summed E-state index contributed by atoms with van der Waals surface area (Å²) in [5.74, 6) is -0.380. The van der Waals surface area contributed by atoms with Crippen molar-refractivity contribution in [3.05, 3.63) is 57.5 Å². The predicted octanol–water partition coefficient (Wildman–Crippen LogP) is 3.61. The Labute approximate surface area is 158 Å². The van der Waals surface area contributed by atoms with Gasteiger partial charge in [0.1, 0.15) is 5.75 Å². The smallest absolute Gasteiger partial charge is 0.344 e. The van der Waals surface area contributed by atoms with Crippen molar-refractivity contribution < 1.29 is 19.1 Å². The molecular formula is C18H15BrClNO4. The number of ether oxygens (including phenoxy) is 2. The first kappa shape index (κ1) is 17.8. The number of carbonyl (C=O) groups excluding carboxylic acids is 2. The van der Waals surface area contributed by atoms with Crippen LogP contribution in [0.3, 0.4) is 0 Å². The van der Waals surface area contributed by atoms with Crippen LogP contribution < -0.4 is 9.64 Å². The Kier molecular flexibility index (Phi) is 5.60. The van der Waals surface area contributed by atoms with E-state index in [-0.39, 0.29) is 19.1 Å². The molecule has 0 radical (unpaired) electrons. The Morgan fingerprint density at radius 1 is 1.16 bits per heavy atom. The molecule has 5 nitrogen and oxygen atoms in total. The zero-order valence-corrected chi connectivity index (χ0v) is 15.5. The molecular weight excluding hydrogens is 410 g/mol. The molecule has 130 valence electrons. The van der Waals surface area contributed by atoms with Gasteiger partial charge in [-0.05, 0) is 52.2 Å². The van der Waals surface area contributed by atoms with Crippen LogP contribution in [0.1, 0.15) is 5.56 Å². The third-order valence-electron chi connectivity index (χ3n) is 3.78. The first-order valence-electron chi connectivity index (χ1n) is 7.66. The molecule has 0 fully saturated rings. The molecule has 0 aromatic heterocycles. The second-order valence-corrected chi connectivity index (χ2v) is 6.74. The summed E-state index contributed by atoms with van der Waals surface area (Å²) in [4.78, 5) is 25.7. The topological polar surface area (TPSA) is 55.8 Å². The average Bonchev–Trinajstić information content (AvgIpc) is 3.03. The lowest BCUT2D eigenvalue weighted by molar-refractivity contribution is -0.149. The average molecular weight is 425 g/mol. The van der Waals surface area contributed by atoms with E-state index in [9.17, 15) is 9.59 Å². The lowest BCUT2D eigenvalue weighted by Crippen LogP contribution is -2.33. The quantitative estimate of drug-likeness (QED) is 0.688. The van der Waals surface area contributed by atoms with E-state index in [0.717, 1.165) is 17.7 Å². The minimum absolute atomic E-state index is 0.244. The molecule has 25 heavy (non-hydrogen) atoms. The minimum Gasteiger partial charge on any atom is -0.481 e. The number of carbonyl (C=O) groups is 2. The molecule has 2 aromatic rings. The van der Waals surface area contributed by atoms with Crippen LogP contribution in [-0.2, 0) is 20.7 Å². The van der Waals surface area contributed by atoms with Crippen LogP contribution in [0.4, 0.5) is 5.69 Å². The Morgan fingerprint density at radius 2 is 1.96 bits per heavy atom. The molecule has 0 unspecified atom stereocenters. The molecule has 0 aliphatic carbocycles. The molecule has 1 heterocycles. The highest BCUT2D eigenvalue weighted by atomic mass is 79.9. The standard InChI is InChI=1S/C18H15BrClNO4/c19-14-9-13(20)5-6-16(14)24-11-18(23)25-10-17(22)21-8-7-12-3-1-2-4-15(12)21/h1-6,9H,7-8,10-11H2. The SMILES string of the molecule is O=C(COc1ccc(Cl)cc1Br)OCC(=O)N1CCc2ccccc21. The van der Waals surface area contributed by atoms with Crippen molar-refractivity contribution in [3.63, 3.8) is 0 Å². The van der Waals surface area contributed by atoms with E-state index >= 15 is 0 Å². The molecule has 7 heteroatoms. The van der Waals surface area contributed by atoms with Crippen molar-refractivity contribution >= 4 is 45.1 Å². The fraction of sp³-hybridized carbons (Fsp3) is 0.222. The van der Waals surface area contributed by atoms with Crippen molar-refractivity contribution in [1.82, 2.24) is 0 Å². The molecule has 0 spiro atoms. The lowest BCUT2D eigenvalue weighted by atomic mass is 10.2. The lowest BCUT2D eigenvalue weighted by Gasteiger charge is -2.17. The van der Waals surface area contributed by atoms with Gasteiger partial charge in [-0.1, -0.05) is 29.8 Å². The summed E-state index contributed by atoms with van der Waals surface area (Å²) in [5, 5.41) is 0.554. The van der Waals surface area contributed by atoms with E-state index in [1.807, 2.05) is 24.3 Å². The Hall–Kier alpha value is -2.05. The Morgan fingerprint density at radius 3 is 2.76 bits per heavy atom. The van der Waals surface area contributed by atoms with Gasteiger partial charge < -0.3 is 14.4 Å². The second-order valence-electron chi connectivity index (χ2n) is 5.45. The number of benzene rings is 2. The summed E-state index contributed by atoms with van der Waals surface area (Å²) in [6.07, 6.45) is 0.809. The zero-order chi connectivity index (χ0) is 17.8. The summed E-state index contributed by atoms with van der Waals surface area (Å²) < 4.78 is 11.0. The van der Waals surface area contributed by atoms with Gasteiger partial charge in [-0.3, -0.25) is 4.79 Å². The molecule has 1 aliphatic rings. The maximum absolute atomic E-state index is 12.3. The summed E-state index contributed by atoms with van der Waals surface area (Å²) in [6.45, 7) is 0.00632. The number of amides is 1. The van der Waals surface area contributed by atoms with Crippen LogP contribution in [0.25, 0.3) is 0 Å². The highest BCUT2D eigenvalue weighted by Gasteiger charge is 2.24. The van der Waals surface area contributed by atoms with Crippen molar-refractivity contribution in [2.45, 2.75) is 6.42 Å². The molecule has 1 amide bonds. The van der Waals surface area contributed by atoms with Crippen molar-refractivity contribution in [1.29, 1.82) is 0 Å². The predicted molar refractivity (Wildman–Crippen MR) is 98.1 cm³/mol. The van der Waals surface area contributed by atoms with Crippen LogP contribution in [0.2, 0.25) is 5.02 Å². The number of nitrogens with zero attached hydrogens (tertiary/aromatic N) is 1. The van der Waals surface area contributed by atoms with Gasteiger partial charge in [0.05, 0.1) is 4.47 Å². The number of esters is 1. The van der Waals surface area contributed by atoms with E-state index in [1.165, 1.54) is 0 Å². The Balaban J connectivity index is 1.48. The fourth-order valence-corrected chi connectivity index (χ4v) is 3.39. The first-order valence-corrected chi connectivity index (χ1v) is 8.83. The maximum atomic E-state index is 12.3. The number of halogens is 2. The second kappa shape index (κ2) is 7.89. The summed E-state index contributed by atoms with van der Waals surface area (Å²) in [6, 6.07) is 12.7. The number of para-hydroxylation sites is 1. The van der Waals surface area contributed by atoms with Crippen molar-refractivity contribution in [2.24, 2.45) is 0 Å². The van der Waals surface area contributed by atoms with Gasteiger partial charge in [0.15, 0.2) is 13.2 Å². The monoisotopic (exact) mass is 423 g/mol. The van der Waals surface area contributed by atoms with Gasteiger partial charge in [0, 0.05) is 17.3 Å². The van der Waals surface area contributed by atoms with Gasteiger partial charge in [0.2, 0.25) is 0 Å². The number of anilines is 1. The van der Waals surface area contributed by atoms with E-state index in [0.29, 0.717) is 21.8 Å². The van der Waals surface area contributed by atoms with Gasteiger partial charge in [-0.25, -0.2) is 4.79 Å². The highest BCUT2D eigenvalue weighted by Crippen LogP contribution is 2.28. The summed E-state index contributed by atoms with van der Waals surface area (Å²) in [7, 11) is 0. The van der Waals surface area contributed by atoms with E-state index in [4.69, 9.17) is 21.1 Å². The van der Waals surface area contributed by atoms with E-state index in [1.54, 1.807) is 23.1 Å². The third kappa shape index (κ3) is 4.32. The molecule has 0 saturated heterocycles. The number of fused-ring (bicyclic) bond motifs is 1. The molecule has 0 N–H and O–H groups in total. The van der Waals surface area contributed by atoms with E-state index < -0.39 is 5.97 Å². The normalized spacial score (nSPS) is 12.6. The summed E-state index contributed by atoms with van der Waals surface area (Å²) >= 11 is 9.14. The van der Waals surface area contributed by atoms with Crippen LogP contribution in [-0.4, -0.2) is 31.6 Å². The van der Waals surface area contributed by atoms with Gasteiger partial charge in [-0.2, -0.15) is 0 Å². The van der Waals surface area contributed by atoms with Crippen molar-refractivity contribution in [3.8, 4) is 5.75 Å². The molecule has 0 saturated carbocycles. The van der Waals surface area contributed by atoms with Gasteiger partial charge >= 0.3 is 5.97 Å². The van der Waals surface area contributed by atoms with Gasteiger partial charge in [-0.15, -0.1) is 0 Å². The number of hydrogen-bond donors (Lipinski definition) is 0. The summed E-state index contributed by atoms with van der Waals surface area (Å²) in [5.41, 5.74) is 2.00. The molecule has 3 rings (SSSR count). The van der Waals surface area contributed by atoms with Crippen LogP contribution >= 0.6 is 27.5 Å². The zero-order valence-electron chi connectivity index (χ0n) is 13.2. The minimum atomic E-state index is -0.609. The van der Waals surface area contributed by atoms with E-state index in [2.05, 4.69) is 15.9 Å². The largest absolute Gasteiger partial charge is 0.481 e. The van der Waals surface area contributed by atoms with Crippen molar-refractivity contribution in [2.75, 3.05) is 24.7 Å². The third-order valence-corrected chi connectivity index (χ3v) is 4.64. The molecule has 0 bridgehead atoms. The molecule has 1 aliphatic heterocycles. The maximum Gasteiger partial charge on any atom is 0.344 e. The first-order chi connectivity index (χ1) is 12.0.